The number of aliphatic hydroxyl groups is 1. The second-order valence-electron chi connectivity index (χ2n) is 5.22. The fourth-order valence-electron chi connectivity index (χ4n) is 2.81. The molecule has 1 aliphatic heterocycles. The van der Waals surface area contributed by atoms with Crippen LogP contribution < -0.4 is 14.8 Å². The van der Waals surface area contributed by atoms with Gasteiger partial charge in [-0.1, -0.05) is 15.9 Å². The van der Waals surface area contributed by atoms with Crippen molar-refractivity contribution in [2.45, 2.75) is 37.6 Å². The van der Waals surface area contributed by atoms with E-state index in [2.05, 4.69) is 21.2 Å². The van der Waals surface area contributed by atoms with Crippen molar-refractivity contribution in [2.24, 2.45) is 0 Å². The van der Waals surface area contributed by atoms with Crippen LogP contribution in [-0.2, 0) is 0 Å². The zero-order valence-corrected chi connectivity index (χ0v) is 12.5. The van der Waals surface area contributed by atoms with Crippen LogP contribution in [0.15, 0.2) is 16.6 Å². The molecule has 1 spiro atoms. The average Bonchev–Trinajstić information content (AvgIpc) is 2.95. The standard InChI is InChI=1S/C14H18BrNO3/c1-16-8-11(17)9-6-12-13(7-10(9)15)19-14(18-12)4-2-3-5-14/h6-7,11,16-17H,2-5,8H2,1H3. The predicted octanol–water partition coefficient (Wildman–Crippen LogP) is 2.74. The van der Waals surface area contributed by atoms with Crippen LogP contribution in [0.25, 0.3) is 0 Å². The third kappa shape index (κ3) is 2.35. The number of ether oxygens (including phenoxy) is 2. The molecule has 0 bridgehead atoms. The van der Waals surface area contributed by atoms with E-state index in [0.29, 0.717) is 6.54 Å². The van der Waals surface area contributed by atoms with Crippen LogP contribution in [0.2, 0.25) is 0 Å². The van der Waals surface area contributed by atoms with Crippen molar-refractivity contribution in [3.05, 3.63) is 22.2 Å². The summed E-state index contributed by atoms with van der Waals surface area (Å²) >= 11 is 3.49. The Morgan fingerprint density at radius 2 is 1.95 bits per heavy atom. The number of hydrogen-bond donors (Lipinski definition) is 2. The first kappa shape index (κ1) is 13.2. The summed E-state index contributed by atoms with van der Waals surface area (Å²) in [5, 5.41) is 13.1. The topological polar surface area (TPSA) is 50.7 Å². The highest BCUT2D eigenvalue weighted by molar-refractivity contribution is 9.10. The molecule has 0 amide bonds. The molecular formula is C14H18BrNO3. The van der Waals surface area contributed by atoms with Crippen LogP contribution in [0.3, 0.4) is 0 Å². The second kappa shape index (κ2) is 4.96. The molecule has 1 unspecified atom stereocenters. The molecule has 4 nitrogen and oxygen atoms in total. The molecule has 2 N–H and O–H groups in total. The van der Waals surface area contributed by atoms with E-state index in [4.69, 9.17) is 9.47 Å². The lowest BCUT2D eigenvalue weighted by Gasteiger charge is -2.21. The van der Waals surface area contributed by atoms with Crippen molar-refractivity contribution in [1.29, 1.82) is 0 Å². The summed E-state index contributed by atoms with van der Waals surface area (Å²) in [4.78, 5) is 0. The third-order valence-corrected chi connectivity index (χ3v) is 4.46. The fourth-order valence-corrected chi connectivity index (χ4v) is 3.40. The van der Waals surface area contributed by atoms with Gasteiger partial charge in [-0.05, 0) is 37.6 Å². The van der Waals surface area contributed by atoms with Crippen molar-refractivity contribution in [1.82, 2.24) is 5.32 Å². The van der Waals surface area contributed by atoms with E-state index in [1.165, 1.54) is 0 Å². The number of halogens is 1. The van der Waals surface area contributed by atoms with Gasteiger partial charge >= 0.3 is 0 Å². The lowest BCUT2D eigenvalue weighted by Crippen LogP contribution is -2.34. The van der Waals surface area contributed by atoms with Crippen molar-refractivity contribution in [3.63, 3.8) is 0 Å². The Morgan fingerprint density at radius 3 is 2.58 bits per heavy atom. The van der Waals surface area contributed by atoms with Crippen molar-refractivity contribution in [2.75, 3.05) is 13.6 Å². The number of fused-ring (bicyclic) bond motifs is 1. The van der Waals surface area contributed by atoms with E-state index < -0.39 is 11.9 Å². The van der Waals surface area contributed by atoms with Gasteiger partial charge < -0.3 is 19.9 Å². The van der Waals surface area contributed by atoms with Gasteiger partial charge in [-0.2, -0.15) is 0 Å². The normalized spacial score (nSPS) is 21.0. The molecule has 2 aliphatic rings. The molecule has 1 aliphatic carbocycles. The molecule has 3 rings (SSSR count). The largest absolute Gasteiger partial charge is 0.448 e. The lowest BCUT2D eigenvalue weighted by molar-refractivity contribution is -0.0716. The van der Waals surface area contributed by atoms with E-state index >= 15 is 0 Å². The predicted molar refractivity (Wildman–Crippen MR) is 75.5 cm³/mol. The Kier molecular flexibility index (Phi) is 3.45. The van der Waals surface area contributed by atoms with Crippen molar-refractivity contribution in [3.8, 4) is 11.5 Å². The Balaban J connectivity index is 1.89. The summed E-state index contributed by atoms with van der Waals surface area (Å²) in [7, 11) is 1.82. The van der Waals surface area contributed by atoms with Crippen LogP contribution >= 0.6 is 15.9 Å². The first-order valence-electron chi connectivity index (χ1n) is 6.68. The molecule has 0 radical (unpaired) electrons. The summed E-state index contributed by atoms with van der Waals surface area (Å²) < 4.78 is 12.8. The van der Waals surface area contributed by atoms with Gasteiger partial charge in [0.2, 0.25) is 0 Å². The number of likely N-dealkylation sites (N-methyl/N-ethyl adjacent to an activating group) is 1. The van der Waals surface area contributed by atoms with Gasteiger partial charge in [0.25, 0.3) is 5.79 Å². The van der Waals surface area contributed by atoms with Crippen LogP contribution in [0.4, 0.5) is 0 Å². The van der Waals surface area contributed by atoms with E-state index in [0.717, 1.165) is 47.2 Å². The SMILES string of the molecule is CNCC(O)c1cc2c(cc1Br)OC1(CCCC1)O2. The summed E-state index contributed by atoms with van der Waals surface area (Å²) in [6.07, 6.45) is 3.60. The molecule has 1 heterocycles. The van der Waals surface area contributed by atoms with Crippen LogP contribution in [-0.4, -0.2) is 24.5 Å². The van der Waals surface area contributed by atoms with Gasteiger partial charge in [0, 0.05) is 23.9 Å². The summed E-state index contributed by atoms with van der Waals surface area (Å²) in [5.74, 6) is 1.07. The molecule has 0 aromatic heterocycles. The van der Waals surface area contributed by atoms with Crippen LogP contribution in [0, 0.1) is 0 Å². The van der Waals surface area contributed by atoms with Gasteiger partial charge in [0.15, 0.2) is 11.5 Å². The van der Waals surface area contributed by atoms with Crippen LogP contribution in [0.5, 0.6) is 11.5 Å². The molecule has 1 atom stereocenters. The highest BCUT2D eigenvalue weighted by atomic mass is 79.9. The van der Waals surface area contributed by atoms with E-state index in [-0.39, 0.29) is 0 Å². The minimum Gasteiger partial charge on any atom is -0.448 e. The maximum Gasteiger partial charge on any atom is 0.251 e. The molecule has 5 heteroatoms. The summed E-state index contributed by atoms with van der Waals surface area (Å²) in [5.41, 5.74) is 0.826. The smallest absolute Gasteiger partial charge is 0.251 e. The first-order chi connectivity index (χ1) is 9.13. The Morgan fingerprint density at radius 1 is 1.32 bits per heavy atom. The van der Waals surface area contributed by atoms with Crippen LogP contribution in [0.1, 0.15) is 37.4 Å². The Labute approximate surface area is 121 Å². The van der Waals surface area contributed by atoms with E-state index in [1.807, 2.05) is 19.2 Å². The number of rotatable bonds is 3. The maximum absolute atomic E-state index is 10.1. The Hall–Kier alpha value is -0.780. The molecule has 104 valence electrons. The zero-order valence-electron chi connectivity index (χ0n) is 10.9. The van der Waals surface area contributed by atoms with Crippen molar-refractivity contribution < 1.29 is 14.6 Å². The summed E-state index contributed by atoms with van der Waals surface area (Å²) in [6, 6.07) is 3.78. The monoisotopic (exact) mass is 327 g/mol. The maximum atomic E-state index is 10.1. The number of nitrogens with one attached hydrogen (secondary N) is 1. The Bertz CT molecular complexity index is 486. The molecule has 1 aromatic rings. The minimum atomic E-state index is -0.562. The summed E-state index contributed by atoms with van der Waals surface area (Å²) in [6.45, 7) is 0.503. The van der Waals surface area contributed by atoms with Gasteiger partial charge in [-0.3, -0.25) is 0 Å². The molecule has 0 saturated heterocycles. The molecule has 1 aromatic carbocycles. The van der Waals surface area contributed by atoms with Crippen molar-refractivity contribution >= 4 is 15.9 Å². The number of benzene rings is 1. The van der Waals surface area contributed by atoms with E-state index in [1.54, 1.807) is 0 Å². The molecular weight excluding hydrogens is 310 g/mol. The molecule has 19 heavy (non-hydrogen) atoms. The first-order valence-corrected chi connectivity index (χ1v) is 7.47. The van der Waals surface area contributed by atoms with Gasteiger partial charge in [-0.25, -0.2) is 0 Å². The highest BCUT2D eigenvalue weighted by Crippen LogP contribution is 2.48. The molecule has 1 saturated carbocycles. The van der Waals surface area contributed by atoms with Gasteiger partial charge in [-0.15, -0.1) is 0 Å². The highest BCUT2D eigenvalue weighted by Gasteiger charge is 2.44. The molecule has 1 fully saturated rings. The zero-order chi connectivity index (χ0) is 13.5. The third-order valence-electron chi connectivity index (χ3n) is 3.78. The average molecular weight is 328 g/mol. The van der Waals surface area contributed by atoms with Gasteiger partial charge in [0.1, 0.15) is 0 Å². The second-order valence-corrected chi connectivity index (χ2v) is 6.07. The lowest BCUT2D eigenvalue weighted by atomic mass is 10.1. The number of aliphatic hydroxyl groups excluding tert-OH is 1. The minimum absolute atomic E-state index is 0.450. The number of hydrogen-bond acceptors (Lipinski definition) is 4. The fraction of sp³-hybridized carbons (Fsp3) is 0.571. The quantitative estimate of drug-likeness (QED) is 0.896. The van der Waals surface area contributed by atoms with Gasteiger partial charge in [0.05, 0.1) is 6.10 Å². The van der Waals surface area contributed by atoms with E-state index in [9.17, 15) is 5.11 Å².